The zero-order chi connectivity index (χ0) is 26.6. The van der Waals surface area contributed by atoms with E-state index >= 15 is 0 Å². The molecule has 12 heteroatoms. The first kappa shape index (κ1) is 27.1. The first-order valence-electron chi connectivity index (χ1n) is 11.4. The third-order valence-corrected chi connectivity index (χ3v) is 9.60. The molecule has 0 aliphatic carbocycles. The standard InChI is InChI=1S/C25H25ClFN3O5S2/c26-22-6-2-4-8-24(22)29-37(34,35)21-11-9-20(10-12-21)28-25(31)18-13-15-30(16-14-18)36(32,33)17-19-5-1-3-7-23(19)27/h1-12,18,29H,13-17H2,(H,28,31). The number of carbonyl (C=O) groups excluding carboxylic acids is 1. The second-order valence-electron chi connectivity index (χ2n) is 8.62. The zero-order valence-corrected chi connectivity index (χ0v) is 22.0. The summed E-state index contributed by atoms with van der Waals surface area (Å²) < 4.78 is 68.3. The Kier molecular flexibility index (Phi) is 8.17. The van der Waals surface area contributed by atoms with Crippen molar-refractivity contribution in [3.8, 4) is 0 Å². The fourth-order valence-corrected chi connectivity index (χ4v) is 6.90. The van der Waals surface area contributed by atoms with E-state index in [1.807, 2.05) is 0 Å². The Morgan fingerprint density at radius 1 is 0.919 bits per heavy atom. The fourth-order valence-electron chi connectivity index (χ4n) is 4.01. The topological polar surface area (TPSA) is 113 Å². The SMILES string of the molecule is O=C(Nc1ccc(S(=O)(=O)Nc2ccccc2Cl)cc1)C1CCN(S(=O)(=O)Cc2ccccc2F)CC1. The summed E-state index contributed by atoms with van der Waals surface area (Å²) in [7, 11) is -7.60. The number of amides is 1. The molecule has 0 atom stereocenters. The number of benzene rings is 3. The smallest absolute Gasteiger partial charge is 0.261 e. The van der Waals surface area contributed by atoms with Gasteiger partial charge in [-0.2, -0.15) is 0 Å². The number of para-hydroxylation sites is 1. The maximum atomic E-state index is 13.9. The number of piperidine rings is 1. The normalized spacial score (nSPS) is 15.3. The number of anilines is 2. The van der Waals surface area contributed by atoms with Crippen LogP contribution in [-0.2, 0) is 30.6 Å². The van der Waals surface area contributed by atoms with Gasteiger partial charge in [0.15, 0.2) is 0 Å². The summed E-state index contributed by atoms with van der Waals surface area (Å²) >= 11 is 6.02. The van der Waals surface area contributed by atoms with E-state index in [1.54, 1.807) is 30.3 Å². The van der Waals surface area contributed by atoms with Crippen molar-refractivity contribution in [2.45, 2.75) is 23.5 Å². The maximum Gasteiger partial charge on any atom is 0.261 e. The highest BCUT2D eigenvalue weighted by atomic mass is 35.5. The van der Waals surface area contributed by atoms with Crippen molar-refractivity contribution in [3.63, 3.8) is 0 Å². The molecule has 3 aromatic rings. The number of hydrogen-bond donors (Lipinski definition) is 2. The lowest BCUT2D eigenvalue weighted by molar-refractivity contribution is -0.120. The Bertz CT molecular complexity index is 1490. The first-order valence-corrected chi connectivity index (χ1v) is 14.9. The number of sulfonamides is 2. The Morgan fingerprint density at radius 3 is 2.19 bits per heavy atom. The van der Waals surface area contributed by atoms with E-state index in [-0.39, 0.29) is 40.2 Å². The monoisotopic (exact) mass is 565 g/mol. The van der Waals surface area contributed by atoms with Gasteiger partial charge in [0, 0.05) is 30.3 Å². The quantitative estimate of drug-likeness (QED) is 0.419. The number of carbonyl (C=O) groups is 1. The van der Waals surface area contributed by atoms with E-state index in [2.05, 4.69) is 10.0 Å². The summed E-state index contributed by atoms with van der Waals surface area (Å²) in [6, 6.07) is 17.9. The van der Waals surface area contributed by atoms with E-state index in [0.29, 0.717) is 18.5 Å². The molecule has 1 aliphatic heterocycles. The summed E-state index contributed by atoms with van der Waals surface area (Å²) in [6.45, 7) is 0.305. The van der Waals surface area contributed by atoms with Crippen molar-refractivity contribution in [1.29, 1.82) is 0 Å². The second-order valence-corrected chi connectivity index (χ2v) is 12.7. The molecule has 196 valence electrons. The molecule has 0 saturated carbocycles. The van der Waals surface area contributed by atoms with E-state index in [9.17, 15) is 26.0 Å². The molecule has 0 bridgehead atoms. The molecule has 4 rings (SSSR count). The first-order chi connectivity index (χ1) is 17.5. The maximum absolute atomic E-state index is 13.9. The van der Waals surface area contributed by atoms with Crippen LogP contribution in [0.4, 0.5) is 15.8 Å². The van der Waals surface area contributed by atoms with Crippen molar-refractivity contribution in [2.75, 3.05) is 23.1 Å². The van der Waals surface area contributed by atoms with Crippen molar-refractivity contribution in [3.05, 3.63) is 89.2 Å². The lowest BCUT2D eigenvalue weighted by Crippen LogP contribution is -2.42. The Hall–Kier alpha value is -2.99. The Morgan fingerprint density at radius 2 is 1.54 bits per heavy atom. The zero-order valence-electron chi connectivity index (χ0n) is 19.6. The van der Waals surface area contributed by atoms with Crippen molar-refractivity contribution in [1.82, 2.24) is 4.31 Å². The highest BCUT2D eigenvalue weighted by Crippen LogP contribution is 2.26. The highest BCUT2D eigenvalue weighted by Gasteiger charge is 2.31. The molecule has 1 aliphatic rings. The van der Waals surface area contributed by atoms with Crippen LogP contribution in [0.1, 0.15) is 18.4 Å². The second kappa shape index (κ2) is 11.2. The lowest BCUT2D eigenvalue weighted by Gasteiger charge is -2.30. The van der Waals surface area contributed by atoms with Crippen LogP contribution in [0.3, 0.4) is 0 Å². The summed E-state index contributed by atoms with van der Waals surface area (Å²) in [4.78, 5) is 12.7. The Balaban J connectivity index is 1.32. The lowest BCUT2D eigenvalue weighted by atomic mass is 9.97. The van der Waals surface area contributed by atoms with Crippen molar-refractivity contribution < 1.29 is 26.0 Å². The van der Waals surface area contributed by atoms with Gasteiger partial charge in [-0.1, -0.05) is 41.9 Å². The minimum atomic E-state index is -3.88. The van der Waals surface area contributed by atoms with Gasteiger partial charge < -0.3 is 5.32 Å². The summed E-state index contributed by atoms with van der Waals surface area (Å²) in [5, 5.41) is 3.02. The van der Waals surface area contributed by atoms with E-state index in [0.717, 1.165) is 0 Å². The minimum Gasteiger partial charge on any atom is -0.326 e. The number of halogens is 2. The molecule has 2 N–H and O–H groups in total. The van der Waals surface area contributed by atoms with Gasteiger partial charge in [-0.25, -0.2) is 25.5 Å². The van der Waals surface area contributed by atoms with Crippen LogP contribution >= 0.6 is 11.6 Å². The van der Waals surface area contributed by atoms with Crippen LogP contribution in [0.5, 0.6) is 0 Å². The number of rotatable bonds is 8. The van der Waals surface area contributed by atoms with Gasteiger partial charge in [-0.15, -0.1) is 0 Å². The number of nitrogens with one attached hydrogen (secondary N) is 2. The van der Waals surface area contributed by atoms with E-state index in [4.69, 9.17) is 11.6 Å². The van der Waals surface area contributed by atoms with Gasteiger partial charge >= 0.3 is 0 Å². The van der Waals surface area contributed by atoms with Crippen LogP contribution in [0.25, 0.3) is 0 Å². The summed E-state index contributed by atoms with van der Waals surface area (Å²) in [5.74, 6) is -1.70. The van der Waals surface area contributed by atoms with Gasteiger partial charge in [-0.3, -0.25) is 9.52 Å². The van der Waals surface area contributed by atoms with Crippen LogP contribution in [0.15, 0.2) is 77.7 Å². The Labute approximate surface area is 220 Å². The minimum absolute atomic E-state index is 0.00112. The molecule has 3 aromatic carbocycles. The molecular formula is C25H25ClFN3O5S2. The molecule has 0 radical (unpaired) electrons. The number of hydrogen-bond acceptors (Lipinski definition) is 5. The molecule has 0 unspecified atom stereocenters. The fraction of sp³-hybridized carbons (Fsp3) is 0.240. The van der Waals surface area contributed by atoms with Crippen LogP contribution in [0, 0.1) is 11.7 Å². The van der Waals surface area contributed by atoms with Crippen LogP contribution in [-0.4, -0.2) is 40.1 Å². The van der Waals surface area contributed by atoms with Crippen LogP contribution in [0.2, 0.25) is 5.02 Å². The average Bonchev–Trinajstić information content (AvgIpc) is 2.87. The predicted molar refractivity (Wildman–Crippen MR) is 141 cm³/mol. The molecule has 1 saturated heterocycles. The third kappa shape index (κ3) is 6.67. The van der Waals surface area contributed by atoms with Gasteiger partial charge in [0.05, 0.1) is 21.4 Å². The molecule has 37 heavy (non-hydrogen) atoms. The highest BCUT2D eigenvalue weighted by molar-refractivity contribution is 7.92. The van der Waals surface area contributed by atoms with Gasteiger partial charge in [0.25, 0.3) is 10.0 Å². The molecular weight excluding hydrogens is 541 g/mol. The molecule has 0 spiro atoms. The predicted octanol–water partition coefficient (Wildman–Crippen LogP) is 4.46. The van der Waals surface area contributed by atoms with Gasteiger partial charge in [-0.05, 0) is 55.3 Å². The molecule has 1 fully saturated rings. The van der Waals surface area contributed by atoms with Gasteiger partial charge in [0.2, 0.25) is 15.9 Å². The number of nitrogens with zero attached hydrogens (tertiary/aromatic N) is 1. The molecule has 1 heterocycles. The largest absolute Gasteiger partial charge is 0.326 e. The average molecular weight is 566 g/mol. The van der Waals surface area contributed by atoms with Crippen molar-refractivity contribution >= 4 is 48.9 Å². The van der Waals surface area contributed by atoms with Gasteiger partial charge in [0.1, 0.15) is 5.82 Å². The molecule has 0 aromatic heterocycles. The van der Waals surface area contributed by atoms with E-state index in [1.165, 1.54) is 46.8 Å². The van der Waals surface area contributed by atoms with E-state index < -0.39 is 37.5 Å². The molecule has 1 amide bonds. The molecule has 8 nitrogen and oxygen atoms in total. The third-order valence-electron chi connectivity index (χ3n) is 6.06. The van der Waals surface area contributed by atoms with Crippen molar-refractivity contribution in [2.24, 2.45) is 5.92 Å². The summed E-state index contributed by atoms with van der Waals surface area (Å²) in [6.07, 6.45) is 0.632. The summed E-state index contributed by atoms with van der Waals surface area (Å²) in [5.41, 5.74) is 0.773. The van der Waals surface area contributed by atoms with Crippen LogP contribution < -0.4 is 10.0 Å².